The summed E-state index contributed by atoms with van der Waals surface area (Å²) in [6.45, 7) is 7.92. The zero-order valence-corrected chi connectivity index (χ0v) is 22.0. The third kappa shape index (κ3) is 4.56. The average molecular weight is 483 g/mol. The summed E-state index contributed by atoms with van der Waals surface area (Å²) in [6, 6.07) is 3.88. The molecule has 0 spiro atoms. The lowest BCUT2D eigenvalue weighted by Gasteiger charge is -2.62. The number of nitrogens with zero attached hydrogens (tertiary/aromatic N) is 1. The number of aromatic nitrogens is 1. The van der Waals surface area contributed by atoms with Gasteiger partial charge in [-0.05, 0) is 122 Å². The van der Waals surface area contributed by atoms with E-state index in [1.165, 1.54) is 25.7 Å². The lowest BCUT2D eigenvalue weighted by atomic mass is 9.43. The normalized spacial score (nSPS) is 43.5. The van der Waals surface area contributed by atoms with E-state index in [-0.39, 0.29) is 28.9 Å². The van der Waals surface area contributed by atoms with Crippen LogP contribution in [0.1, 0.15) is 90.5 Å². The second-order valence-corrected chi connectivity index (χ2v) is 13.1. The second-order valence-electron chi connectivity index (χ2n) is 13.1. The molecule has 5 rings (SSSR count). The number of amides is 1. The van der Waals surface area contributed by atoms with E-state index in [0.29, 0.717) is 48.5 Å². The van der Waals surface area contributed by atoms with E-state index in [2.05, 4.69) is 31.1 Å². The van der Waals surface area contributed by atoms with Crippen LogP contribution in [0.25, 0.3) is 0 Å². The minimum atomic E-state index is -0.221. The van der Waals surface area contributed by atoms with Gasteiger partial charge in [0.2, 0.25) is 5.91 Å². The van der Waals surface area contributed by atoms with Gasteiger partial charge in [-0.2, -0.15) is 0 Å². The number of nitrogens with one attached hydrogen (secondary N) is 1. The summed E-state index contributed by atoms with van der Waals surface area (Å²) in [4.78, 5) is 16.6. The lowest BCUT2D eigenvalue weighted by Crippen LogP contribution is -2.58. The Kier molecular flexibility index (Phi) is 7.04. The van der Waals surface area contributed by atoms with Gasteiger partial charge in [-0.1, -0.05) is 20.8 Å². The highest BCUT2D eigenvalue weighted by molar-refractivity contribution is 5.75. The molecule has 0 bridgehead atoms. The molecule has 4 saturated carbocycles. The predicted molar refractivity (Wildman–Crippen MR) is 137 cm³/mol. The SMILES string of the molecule is C[C@@H](CCC(=O)NCc1ccncc1)[C@@H]1CC[C@@H]2[C@H]3[C@H](O)C[C@H]4C[C@@H](O)CC[C@@]4(C)[C@@H]3CC[C@]21C. The molecule has 0 aliphatic heterocycles. The second kappa shape index (κ2) is 9.78. The van der Waals surface area contributed by atoms with E-state index in [1.54, 1.807) is 12.4 Å². The molecule has 4 aliphatic rings. The molecule has 5 nitrogen and oxygen atoms in total. The minimum absolute atomic E-state index is 0.137. The molecular weight excluding hydrogens is 436 g/mol. The number of hydrogen-bond acceptors (Lipinski definition) is 4. The van der Waals surface area contributed by atoms with Crippen molar-refractivity contribution in [3.63, 3.8) is 0 Å². The van der Waals surface area contributed by atoms with Gasteiger partial charge in [0.05, 0.1) is 12.2 Å². The fourth-order valence-electron chi connectivity index (χ4n) is 9.53. The van der Waals surface area contributed by atoms with Crippen molar-refractivity contribution in [1.82, 2.24) is 10.3 Å². The number of fused-ring (bicyclic) bond motifs is 5. The Morgan fingerprint density at radius 3 is 2.54 bits per heavy atom. The third-order valence-electron chi connectivity index (χ3n) is 11.5. The fraction of sp³-hybridized carbons (Fsp3) is 0.800. The topological polar surface area (TPSA) is 82.5 Å². The van der Waals surface area contributed by atoms with Crippen molar-refractivity contribution >= 4 is 5.91 Å². The molecule has 0 unspecified atom stereocenters. The van der Waals surface area contributed by atoms with E-state index in [0.717, 1.165) is 37.7 Å². The zero-order chi connectivity index (χ0) is 24.8. The van der Waals surface area contributed by atoms with Gasteiger partial charge in [-0.15, -0.1) is 0 Å². The highest BCUT2D eigenvalue weighted by atomic mass is 16.3. The summed E-state index contributed by atoms with van der Waals surface area (Å²) in [6.07, 6.45) is 13.4. The summed E-state index contributed by atoms with van der Waals surface area (Å²) < 4.78 is 0. The Labute approximate surface area is 211 Å². The quantitative estimate of drug-likeness (QED) is 0.527. The fourth-order valence-corrected chi connectivity index (χ4v) is 9.53. The van der Waals surface area contributed by atoms with Gasteiger partial charge in [0, 0.05) is 25.4 Å². The average Bonchev–Trinajstić information content (AvgIpc) is 3.20. The number of rotatable bonds is 6. The Balaban J connectivity index is 1.21. The first-order valence-corrected chi connectivity index (χ1v) is 14.2. The molecule has 1 aromatic rings. The van der Waals surface area contributed by atoms with Crippen molar-refractivity contribution < 1.29 is 15.0 Å². The lowest BCUT2D eigenvalue weighted by molar-refractivity contribution is -0.174. The van der Waals surface area contributed by atoms with Crippen LogP contribution < -0.4 is 5.32 Å². The van der Waals surface area contributed by atoms with Crippen LogP contribution in [-0.4, -0.2) is 33.3 Å². The van der Waals surface area contributed by atoms with Crippen LogP contribution in [0.4, 0.5) is 0 Å². The Morgan fingerprint density at radius 2 is 1.77 bits per heavy atom. The van der Waals surface area contributed by atoms with Gasteiger partial charge in [-0.25, -0.2) is 0 Å². The molecule has 0 saturated heterocycles. The molecule has 1 aromatic heterocycles. The maximum absolute atomic E-state index is 12.5. The van der Waals surface area contributed by atoms with Crippen LogP contribution in [0, 0.1) is 46.3 Å². The summed E-state index contributed by atoms with van der Waals surface area (Å²) in [5, 5.41) is 24.8. The van der Waals surface area contributed by atoms with Crippen molar-refractivity contribution in [2.75, 3.05) is 0 Å². The number of hydrogen-bond donors (Lipinski definition) is 3. The van der Waals surface area contributed by atoms with Gasteiger partial charge < -0.3 is 15.5 Å². The molecule has 3 N–H and O–H groups in total. The molecule has 1 amide bonds. The Bertz CT molecular complexity index is 893. The first-order chi connectivity index (χ1) is 16.7. The molecule has 194 valence electrons. The number of pyridine rings is 1. The highest BCUT2D eigenvalue weighted by Crippen LogP contribution is 2.68. The molecule has 0 aromatic carbocycles. The van der Waals surface area contributed by atoms with Crippen molar-refractivity contribution in [3.8, 4) is 0 Å². The number of aliphatic hydroxyl groups is 2. The van der Waals surface area contributed by atoms with Crippen LogP contribution >= 0.6 is 0 Å². The van der Waals surface area contributed by atoms with E-state index >= 15 is 0 Å². The van der Waals surface area contributed by atoms with Gasteiger partial charge in [0.15, 0.2) is 0 Å². The molecule has 4 fully saturated rings. The van der Waals surface area contributed by atoms with Crippen molar-refractivity contribution in [2.45, 2.75) is 104 Å². The van der Waals surface area contributed by atoms with Gasteiger partial charge in [0.1, 0.15) is 0 Å². The Morgan fingerprint density at radius 1 is 1.06 bits per heavy atom. The van der Waals surface area contributed by atoms with Crippen molar-refractivity contribution in [3.05, 3.63) is 30.1 Å². The van der Waals surface area contributed by atoms with Gasteiger partial charge in [-0.3, -0.25) is 9.78 Å². The maximum Gasteiger partial charge on any atom is 0.220 e. The van der Waals surface area contributed by atoms with Crippen molar-refractivity contribution in [1.29, 1.82) is 0 Å². The number of aliphatic hydroxyl groups excluding tert-OH is 2. The van der Waals surface area contributed by atoms with Crippen molar-refractivity contribution in [2.24, 2.45) is 46.3 Å². The molecule has 10 atom stereocenters. The van der Waals surface area contributed by atoms with Crippen LogP contribution in [0.2, 0.25) is 0 Å². The number of carbonyl (C=O) groups is 1. The zero-order valence-electron chi connectivity index (χ0n) is 22.0. The molecular formula is C30H46N2O3. The molecule has 35 heavy (non-hydrogen) atoms. The smallest absolute Gasteiger partial charge is 0.220 e. The summed E-state index contributed by atoms with van der Waals surface area (Å²) in [5.41, 5.74) is 1.63. The summed E-state index contributed by atoms with van der Waals surface area (Å²) in [7, 11) is 0. The van der Waals surface area contributed by atoms with E-state index in [1.807, 2.05) is 12.1 Å². The van der Waals surface area contributed by atoms with E-state index < -0.39 is 0 Å². The monoisotopic (exact) mass is 482 g/mol. The maximum atomic E-state index is 12.5. The van der Waals surface area contributed by atoms with Crippen LogP contribution in [0.5, 0.6) is 0 Å². The minimum Gasteiger partial charge on any atom is -0.393 e. The van der Waals surface area contributed by atoms with Gasteiger partial charge in [0.25, 0.3) is 0 Å². The number of carbonyl (C=O) groups excluding carboxylic acids is 1. The Hall–Kier alpha value is -1.46. The van der Waals surface area contributed by atoms with E-state index in [9.17, 15) is 15.0 Å². The molecule has 4 aliphatic carbocycles. The first kappa shape index (κ1) is 25.2. The molecule has 5 heteroatoms. The third-order valence-corrected chi connectivity index (χ3v) is 11.5. The highest BCUT2D eigenvalue weighted by Gasteiger charge is 2.62. The summed E-state index contributed by atoms with van der Waals surface area (Å²) in [5.74, 6) is 3.34. The van der Waals surface area contributed by atoms with Crippen LogP contribution in [0.3, 0.4) is 0 Å². The molecule has 0 radical (unpaired) electrons. The van der Waals surface area contributed by atoms with Crippen LogP contribution in [0.15, 0.2) is 24.5 Å². The molecule has 1 heterocycles. The van der Waals surface area contributed by atoms with Crippen LogP contribution in [-0.2, 0) is 11.3 Å². The first-order valence-electron chi connectivity index (χ1n) is 14.2. The van der Waals surface area contributed by atoms with E-state index in [4.69, 9.17) is 0 Å². The summed E-state index contributed by atoms with van der Waals surface area (Å²) >= 11 is 0. The standard InChI is InChI=1S/C30H46N2O3/c1-19(4-7-27(35)32-18-20-10-14-31-15-11-20)23-5-6-24-28-25(9-13-30(23,24)3)29(2)12-8-22(33)16-21(29)17-26(28)34/h10-11,14-15,19,21-26,28,33-34H,4-9,12-13,16-18H2,1-3H3,(H,32,35)/t19-,21+,22-,23-,24+,25+,26+,28+,29+,30-/m0/s1. The largest absolute Gasteiger partial charge is 0.393 e. The van der Waals surface area contributed by atoms with Gasteiger partial charge >= 0.3 is 0 Å². The predicted octanol–water partition coefficient (Wildman–Crippen LogP) is 5.10.